The van der Waals surface area contributed by atoms with Gasteiger partial charge in [-0.2, -0.15) is 0 Å². The number of rotatable bonds is 6. The number of benzene rings is 1. The molecule has 1 amide bonds. The van der Waals surface area contributed by atoms with Gasteiger partial charge < -0.3 is 5.32 Å². The Morgan fingerprint density at radius 1 is 1.24 bits per heavy atom. The minimum Gasteiger partial charge on any atom is -0.355 e. The van der Waals surface area contributed by atoms with Gasteiger partial charge >= 0.3 is 0 Å². The van der Waals surface area contributed by atoms with Crippen molar-refractivity contribution in [2.75, 3.05) is 6.54 Å². The number of hydrogen-bond acceptors (Lipinski definition) is 1. The summed E-state index contributed by atoms with van der Waals surface area (Å²) in [6, 6.07) is 10.0. The summed E-state index contributed by atoms with van der Waals surface area (Å²) in [6.45, 7) is 7.09. The summed E-state index contributed by atoms with van der Waals surface area (Å²) in [5, 5.41) is 3.03. The summed E-state index contributed by atoms with van der Waals surface area (Å²) in [5.74, 6) is 0.656. The largest absolute Gasteiger partial charge is 0.355 e. The minimum absolute atomic E-state index is 0.0000463. The third-order valence-electron chi connectivity index (χ3n) is 2.78. The lowest BCUT2D eigenvalue weighted by atomic mass is 9.93. The molecule has 0 aliphatic carbocycles. The van der Waals surface area contributed by atoms with Crippen LogP contribution in [0.4, 0.5) is 0 Å². The SMILES string of the molecule is CCC[C@@H](C(=O)NCC(C)C)c1ccccc1. The molecular weight excluding hydrogens is 210 g/mol. The molecule has 1 aromatic carbocycles. The van der Waals surface area contributed by atoms with Gasteiger partial charge in [0, 0.05) is 6.54 Å². The molecular formula is C15H23NO. The molecule has 0 heterocycles. The van der Waals surface area contributed by atoms with E-state index in [9.17, 15) is 4.79 Å². The second-order valence-electron chi connectivity index (χ2n) is 4.89. The van der Waals surface area contributed by atoms with Crippen LogP contribution in [-0.4, -0.2) is 12.5 Å². The molecule has 2 nitrogen and oxygen atoms in total. The number of carbonyl (C=O) groups excluding carboxylic acids is 1. The molecule has 0 aromatic heterocycles. The van der Waals surface area contributed by atoms with Gasteiger partial charge in [-0.25, -0.2) is 0 Å². The summed E-state index contributed by atoms with van der Waals surface area (Å²) >= 11 is 0. The van der Waals surface area contributed by atoms with Gasteiger partial charge in [0.25, 0.3) is 0 Å². The average molecular weight is 233 g/mol. The number of carbonyl (C=O) groups is 1. The molecule has 0 unspecified atom stereocenters. The van der Waals surface area contributed by atoms with Crippen LogP contribution in [-0.2, 0) is 4.79 Å². The van der Waals surface area contributed by atoms with Crippen molar-refractivity contribution < 1.29 is 4.79 Å². The summed E-state index contributed by atoms with van der Waals surface area (Å²) in [6.07, 6.45) is 1.93. The lowest BCUT2D eigenvalue weighted by Crippen LogP contribution is -2.32. The van der Waals surface area contributed by atoms with Crippen LogP contribution in [0.15, 0.2) is 30.3 Å². The maximum absolute atomic E-state index is 12.1. The van der Waals surface area contributed by atoms with Crippen molar-refractivity contribution in [3.8, 4) is 0 Å². The van der Waals surface area contributed by atoms with Crippen LogP contribution in [0, 0.1) is 5.92 Å². The monoisotopic (exact) mass is 233 g/mol. The van der Waals surface area contributed by atoms with Gasteiger partial charge in [0.15, 0.2) is 0 Å². The van der Waals surface area contributed by atoms with Crippen molar-refractivity contribution in [1.82, 2.24) is 5.32 Å². The molecule has 17 heavy (non-hydrogen) atoms. The quantitative estimate of drug-likeness (QED) is 0.802. The zero-order valence-corrected chi connectivity index (χ0v) is 11.1. The van der Waals surface area contributed by atoms with Crippen LogP contribution in [0.1, 0.15) is 45.1 Å². The molecule has 0 fully saturated rings. The van der Waals surface area contributed by atoms with Crippen LogP contribution in [0.3, 0.4) is 0 Å². The Hall–Kier alpha value is -1.31. The van der Waals surface area contributed by atoms with Gasteiger partial charge in [0.2, 0.25) is 5.91 Å². The highest BCUT2D eigenvalue weighted by molar-refractivity contribution is 5.83. The zero-order valence-electron chi connectivity index (χ0n) is 11.1. The molecule has 0 spiro atoms. The fraction of sp³-hybridized carbons (Fsp3) is 0.533. The van der Waals surface area contributed by atoms with Crippen molar-refractivity contribution in [3.05, 3.63) is 35.9 Å². The molecule has 0 bridgehead atoms. The Balaban J connectivity index is 2.69. The first-order chi connectivity index (χ1) is 8.15. The Labute approximate surface area is 104 Å². The fourth-order valence-electron chi connectivity index (χ4n) is 1.85. The van der Waals surface area contributed by atoms with E-state index in [-0.39, 0.29) is 11.8 Å². The second kappa shape index (κ2) is 7.10. The first-order valence-corrected chi connectivity index (χ1v) is 6.47. The maximum Gasteiger partial charge on any atom is 0.227 e. The van der Waals surface area contributed by atoms with E-state index in [2.05, 4.69) is 26.1 Å². The molecule has 0 aliphatic heterocycles. The molecule has 2 heteroatoms. The van der Waals surface area contributed by atoms with Gasteiger partial charge in [-0.3, -0.25) is 4.79 Å². The topological polar surface area (TPSA) is 29.1 Å². The van der Waals surface area contributed by atoms with Crippen molar-refractivity contribution in [2.24, 2.45) is 5.92 Å². The fourth-order valence-corrected chi connectivity index (χ4v) is 1.85. The zero-order chi connectivity index (χ0) is 12.7. The molecule has 0 radical (unpaired) electrons. The Bertz CT molecular complexity index is 332. The Kier molecular flexibility index (Phi) is 5.75. The third kappa shape index (κ3) is 4.59. The normalized spacial score (nSPS) is 12.5. The first kappa shape index (κ1) is 13.8. The summed E-state index contributed by atoms with van der Waals surface area (Å²) < 4.78 is 0. The molecule has 1 aromatic rings. The van der Waals surface area contributed by atoms with Crippen LogP contribution in [0.25, 0.3) is 0 Å². The van der Waals surface area contributed by atoms with E-state index in [0.717, 1.165) is 24.9 Å². The van der Waals surface area contributed by atoms with E-state index in [0.29, 0.717) is 5.92 Å². The summed E-state index contributed by atoms with van der Waals surface area (Å²) in [5.41, 5.74) is 1.12. The van der Waals surface area contributed by atoms with Crippen molar-refractivity contribution >= 4 is 5.91 Å². The second-order valence-corrected chi connectivity index (χ2v) is 4.89. The molecule has 0 saturated carbocycles. The smallest absolute Gasteiger partial charge is 0.227 e. The highest BCUT2D eigenvalue weighted by Crippen LogP contribution is 2.21. The molecule has 94 valence electrons. The van der Waals surface area contributed by atoms with Gasteiger partial charge in [0.1, 0.15) is 0 Å². The van der Waals surface area contributed by atoms with E-state index in [1.165, 1.54) is 0 Å². The van der Waals surface area contributed by atoms with Crippen molar-refractivity contribution in [1.29, 1.82) is 0 Å². The molecule has 0 aliphatic rings. The maximum atomic E-state index is 12.1. The first-order valence-electron chi connectivity index (χ1n) is 6.47. The van der Waals surface area contributed by atoms with E-state index in [1.807, 2.05) is 30.3 Å². The van der Waals surface area contributed by atoms with Gasteiger partial charge in [-0.05, 0) is 17.9 Å². The lowest BCUT2D eigenvalue weighted by Gasteiger charge is -2.17. The van der Waals surface area contributed by atoms with Crippen LogP contribution in [0.5, 0.6) is 0 Å². The highest BCUT2D eigenvalue weighted by Gasteiger charge is 2.19. The number of hydrogen-bond donors (Lipinski definition) is 1. The molecule has 1 N–H and O–H groups in total. The lowest BCUT2D eigenvalue weighted by molar-refractivity contribution is -0.122. The van der Waals surface area contributed by atoms with E-state index < -0.39 is 0 Å². The van der Waals surface area contributed by atoms with E-state index in [4.69, 9.17) is 0 Å². The molecule has 1 rings (SSSR count). The van der Waals surface area contributed by atoms with E-state index in [1.54, 1.807) is 0 Å². The minimum atomic E-state index is -0.0000463. The molecule has 1 atom stereocenters. The Morgan fingerprint density at radius 3 is 2.41 bits per heavy atom. The van der Waals surface area contributed by atoms with Crippen LogP contribution in [0.2, 0.25) is 0 Å². The van der Waals surface area contributed by atoms with Crippen LogP contribution < -0.4 is 5.32 Å². The predicted octanol–water partition coefficient (Wildman–Crippen LogP) is 3.34. The average Bonchev–Trinajstić information content (AvgIpc) is 2.34. The number of nitrogens with one attached hydrogen (secondary N) is 1. The number of amides is 1. The standard InChI is InChI=1S/C15H23NO/c1-4-8-14(13-9-6-5-7-10-13)15(17)16-11-12(2)3/h5-7,9-10,12,14H,4,8,11H2,1-3H3,(H,16,17)/t14-/m1/s1. The van der Waals surface area contributed by atoms with Gasteiger partial charge in [-0.15, -0.1) is 0 Å². The molecule has 0 saturated heterocycles. The predicted molar refractivity (Wildman–Crippen MR) is 71.9 cm³/mol. The third-order valence-corrected chi connectivity index (χ3v) is 2.78. The van der Waals surface area contributed by atoms with E-state index >= 15 is 0 Å². The van der Waals surface area contributed by atoms with Crippen molar-refractivity contribution in [3.63, 3.8) is 0 Å². The van der Waals surface area contributed by atoms with Crippen molar-refractivity contribution in [2.45, 2.75) is 39.5 Å². The highest BCUT2D eigenvalue weighted by atomic mass is 16.1. The Morgan fingerprint density at radius 2 is 1.88 bits per heavy atom. The van der Waals surface area contributed by atoms with Crippen LogP contribution >= 0.6 is 0 Å². The summed E-state index contributed by atoms with van der Waals surface area (Å²) in [7, 11) is 0. The summed E-state index contributed by atoms with van der Waals surface area (Å²) in [4.78, 5) is 12.1. The van der Waals surface area contributed by atoms with Gasteiger partial charge in [-0.1, -0.05) is 57.5 Å². The van der Waals surface area contributed by atoms with Gasteiger partial charge in [0.05, 0.1) is 5.92 Å².